The Morgan fingerprint density at radius 1 is 1.31 bits per heavy atom. The van der Waals surface area contributed by atoms with E-state index < -0.39 is 0 Å². The van der Waals surface area contributed by atoms with Gasteiger partial charge in [0, 0.05) is 6.42 Å². The van der Waals surface area contributed by atoms with E-state index in [-0.39, 0.29) is 11.9 Å². The first-order valence-corrected chi connectivity index (χ1v) is 6.59. The number of unbranched alkanes of at least 4 members (excludes halogenated alkanes) is 2. The van der Waals surface area contributed by atoms with Crippen molar-refractivity contribution in [3.8, 4) is 0 Å². The molecule has 6 heteroatoms. The number of amides is 1. The van der Waals surface area contributed by atoms with Crippen molar-refractivity contribution in [1.29, 1.82) is 0 Å². The van der Waals surface area contributed by atoms with Crippen molar-refractivity contribution < 1.29 is 14.3 Å². The second-order valence-electron chi connectivity index (χ2n) is 3.24. The number of hydrogen-bond donors (Lipinski definition) is 2. The van der Waals surface area contributed by atoms with E-state index in [2.05, 4.69) is 5.43 Å². The van der Waals surface area contributed by atoms with E-state index in [1.165, 1.54) is 0 Å². The lowest BCUT2D eigenvalue weighted by molar-refractivity contribution is -0.139. The highest BCUT2D eigenvalue weighted by Gasteiger charge is 2.01. The van der Waals surface area contributed by atoms with Gasteiger partial charge >= 0.3 is 5.97 Å². The molecule has 94 valence electrons. The largest absolute Gasteiger partial charge is 0.465 e. The minimum atomic E-state index is -0.157. The Balaban J connectivity index is 3.15. The van der Waals surface area contributed by atoms with E-state index in [9.17, 15) is 9.59 Å². The average Bonchev–Trinajstić information content (AvgIpc) is 2.27. The number of carbonyl (C=O) groups is 2. The van der Waals surface area contributed by atoms with Gasteiger partial charge in [-0.3, -0.25) is 15.0 Å². The molecule has 5 nitrogen and oxygen atoms in total. The van der Waals surface area contributed by atoms with Gasteiger partial charge in [0.25, 0.3) is 0 Å². The third-order valence-electron chi connectivity index (χ3n) is 1.88. The van der Waals surface area contributed by atoms with Crippen molar-refractivity contribution in [3.63, 3.8) is 0 Å². The van der Waals surface area contributed by atoms with Crippen molar-refractivity contribution in [2.75, 3.05) is 18.1 Å². The summed E-state index contributed by atoms with van der Waals surface area (Å²) >= 11 is 1.57. The number of rotatable bonds is 9. The van der Waals surface area contributed by atoms with Gasteiger partial charge in [0.2, 0.25) is 5.91 Å². The number of carbonyl (C=O) groups excluding carboxylic acids is 2. The highest BCUT2D eigenvalue weighted by atomic mass is 32.2. The van der Waals surface area contributed by atoms with E-state index in [1.54, 1.807) is 18.7 Å². The van der Waals surface area contributed by atoms with E-state index in [0.29, 0.717) is 18.8 Å². The molecule has 0 fully saturated rings. The quantitative estimate of drug-likeness (QED) is 0.208. The lowest BCUT2D eigenvalue weighted by atomic mass is 10.2. The van der Waals surface area contributed by atoms with Crippen LogP contribution in [0.25, 0.3) is 0 Å². The monoisotopic (exact) mass is 248 g/mol. The molecule has 0 spiro atoms. The summed E-state index contributed by atoms with van der Waals surface area (Å²) in [5.41, 5.74) is 2.09. The SMILES string of the molecule is CCOC(=O)CSCCCCCC(=O)NN. The molecular weight excluding hydrogens is 228 g/mol. The zero-order valence-electron chi connectivity index (χ0n) is 9.66. The fourth-order valence-corrected chi connectivity index (χ4v) is 1.90. The van der Waals surface area contributed by atoms with Gasteiger partial charge in [-0.15, -0.1) is 0 Å². The lowest BCUT2D eigenvalue weighted by Gasteiger charge is -2.02. The molecule has 0 heterocycles. The molecule has 0 bridgehead atoms. The summed E-state index contributed by atoms with van der Waals surface area (Å²) < 4.78 is 4.79. The fraction of sp³-hybridized carbons (Fsp3) is 0.800. The number of thioether (sulfide) groups is 1. The molecule has 0 aromatic rings. The molecule has 0 unspecified atom stereocenters. The Morgan fingerprint density at radius 2 is 2.06 bits per heavy atom. The number of esters is 1. The van der Waals surface area contributed by atoms with Gasteiger partial charge in [-0.05, 0) is 25.5 Å². The number of nitrogens with two attached hydrogens (primary N) is 1. The topological polar surface area (TPSA) is 81.4 Å². The number of nitrogens with one attached hydrogen (secondary N) is 1. The Bertz CT molecular complexity index is 212. The average molecular weight is 248 g/mol. The molecule has 0 aliphatic carbocycles. The molecule has 0 aliphatic rings. The van der Waals surface area contributed by atoms with Gasteiger partial charge in [0.15, 0.2) is 0 Å². The lowest BCUT2D eigenvalue weighted by Crippen LogP contribution is -2.29. The van der Waals surface area contributed by atoms with Gasteiger partial charge in [-0.2, -0.15) is 11.8 Å². The molecule has 0 aliphatic heterocycles. The third kappa shape index (κ3) is 9.79. The molecule has 0 saturated carbocycles. The maximum atomic E-state index is 11.0. The van der Waals surface area contributed by atoms with Crippen LogP contribution >= 0.6 is 11.8 Å². The molecule has 0 atom stereocenters. The summed E-state index contributed by atoms with van der Waals surface area (Å²) in [7, 11) is 0. The first-order valence-electron chi connectivity index (χ1n) is 5.43. The number of ether oxygens (including phenoxy) is 1. The summed E-state index contributed by atoms with van der Waals surface area (Å²) in [6, 6.07) is 0. The van der Waals surface area contributed by atoms with Crippen LogP contribution in [0.5, 0.6) is 0 Å². The van der Waals surface area contributed by atoms with Crippen molar-refractivity contribution in [2.45, 2.75) is 32.6 Å². The summed E-state index contributed by atoms with van der Waals surface area (Å²) in [6.07, 6.45) is 3.28. The van der Waals surface area contributed by atoms with Crippen LogP contribution in [0.4, 0.5) is 0 Å². The van der Waals surface area contributed by atoms with Crippen molar-refractivity contribution in [3.05, 3.63) is 0 Å². The van der Waals surface area contributed by atoms with E-state index >= 15 is 0 Å². The van der Waals surface area contributed by atoms with Crippen LogP contribution in [0, 0.1) is 0 Å². The predicted molar refractivity (Wildman–Crippen MR) is 64.8 cm³/mol. The van der Waals surface area contributed by atoms with Crippen molar-refractivity contribution in [2.24, 2.45) is 5.84 Å². The minimum Gasteiger partial charge on any atom is -0.465 e. The maximum absolute atomic E-state index is 11.0. The Kier molecular flexibility index (Phi) is 10.3. The van der Waals surface area contributed by atoms with E-state index in [4.69, 9.17) is 10.6 Å². The molecule has 1 amide bonds. The van der Waals surface area contributed by atoms with Crippen LogP contribution in [-0.2, 0) is 14.3 Å². The van der Waals surface area contributed by atoms with Crippen molar-refractivity contribution >= 4 is 23.6 Å². The van der Waals surface area contributed by atoms with Gasteiger partial charge in [-0.25, -0.2) is 5.84 Å². The number of hydrazine groups is 1. The Morgan fingerprint density at radius 3 is 2.69 bits per heavy atom. The maximum Gasteiger partial charge on any atom is 0.315 e. The van der Waals surface area contributed by atoms with Crippen LogP contribution in [0.15, 0.2) is 0 Å². The zero-order chi connectivity index (χ0) is 12.2. The van der Waals surface area contributed by atoms with Crippen LogP contribution in [0.3, 0.4) is 0 Å². The van der Waals surface area contributed by atoms with E-state index in [0.717, 1.165) is 25.0 Å². The van der Waals surface area contributed by atoms with Gasteiger partial charge in [0.05, 0.1) is 12.4 Å². The first-order chi connectivity index (χ1) is 7.70. The van der Waals surface area contributed by atoms with E-state index in [1.807, 2.05) is 0 Å². The van der Waals surface area contributed by atoms with Crippen molar-refractivity contribution in [1.82, 2.24) is 5.43 Å². The van der Waals surface area contributed by atoms with Gasteiger partial charge in [-0.1, -0.05) is 6.42 Å². The molecule has 0 rings (SSSR count). The second-order valence-corrected chi connectivity index (χ2v) is 4.34. The van der Waals surface area contributed by atoms with Crippen LogP contribution in [-0.4, -0.2) is 30.0 Å². The summed E-state index contributed by atoms with van der Waals surface area (Å²) in [4.78, 5) is 21.7. The molecular formula is C10H20N2O3S. The first kappa shape index (κ1) is 15.2. The molecule has 0 aromatic heterocycles. The standard InChI is InChI=1S/C10H20N2O3S/c1-2-15-10(14)8-16-7-5-3-4-6-9(13)12-11/h2-8,11H2,1H3,(H,12,13). The summed E-state index contributed by atoms with van der Waals surface area (Å²) in [6.45, 7) is 2.23. The third-order valence-corrected chi connectivity index (χ3v) is 2.90. The predicted octanol–water partition coefficient (Wildman–Crippen LogP) is 0.833. The van der Waals surface area contributed by atoms with Gasteiger partial charge < -0.3 is 4.74 Å². The minimum absolute atomic E-state index is 0.126. The Labute approximate surface area is 100 Å². The number of hydrogen-bond acceptors (Lipinski definition) is 5. The molecule has 0 saturated heterocycles. The molecule has 0 aromatic carbocycles. The molecule has 3 N–H and O–H groups in total. The zero-order valence-corrected chi connectivity index (χ0v) is 10.5. The van der Waals surface area contributed by atoms with Gasteiger partial charge in [0.1, 0.15) is 0 Å². The highest BCUT2D eigenvalue weighted by Crippen LogP contribution is 2.07. The molecule has 16 heavy (non-hydrogen) atoms. The molecule has 0 radical (unpaired) electrons. The fourth-order valence-electron chi connectivity index (χ4n) is 1.10. The van der Waals surface area contributed by atoms with Crippen LogP contribution in [0.2, 0.25) is 0 Å². The summed E-state index contributed by atoms with van der Waals surface area (Å²) in [5.74, 6) is 5.99. The van der Waals surface area contributed by atoms with Crippen LogP contribution < -0.4 is 11.3 Å². The second kappa shape index (κ2) is 10.8. The Hall–Kier alpha value is -0.750. The normalized spacial score (nSPS) is 9.88. The summed E-state index contributed by atoms with van der Waals surface area (Å²) in [5, 5.41) is 0. The van der Waals surface area contributed by atoms with Crippen LogP contribution in [0.1, 0.15) is 32.6 Å². The highest BCUT2D eigenvalue weighted by molar-refractivity contribution is 7.99. The smallest absolute Gasteiger partial charge is 0.315 e.